The molecular formula is C12H14FNO. The van der Waals surface area contributed by atoms with Crippen molar-refractivity contribution >= 4 is 6.08 Å². The first-order chi connectivity index (χ1) is 7.34. The van der Waals surface area contributed by atoms with E-state index >= 15 is 0 Å². The minimum Gasteiger partial charge on any atom is -0.378 e. The minimum absolute atomic E-state index is 0.196. The number of nitrogens with zero attached hydrogens (tertiary/aromatic N) is 1. The van der Waals surface area contributed by atoms with Crippen molar-refractivity contribution < 1.29 is 9.13 Å². The van der Waals surface area contributed by atoms with Crippen molar-refractivity contribution in [2.75, 3.05) is 26.3 Å². The molecule has 1 aromatic rings. The third-order valence-corrected chi connectivity index (χ3v) is 2.39. The maximum absolute atomic E-state index is 12.6. The van der Waals surface area contributed by atoms with E-state index in [-0.39, 0.29) is 5.82 Å². The number of morpholine rings is 1. The summed E-state index contributed by atoms with van der Waals surface area (Å²) in [6.07, 6.45) is 4.03. The Kier molecular flexibility index (Phi) is 3.35. The number of hydrogen-bond acceptors (Lipinski definition) is 2. The minimum atomic E-state index is -0.196. The number of ether oxygens (including phenoxy) is 1. The molecule has 0 saturated carbocycles. The lowest BCUT2D eigenvalue weighted by Gasteiger charge is -2.24. The molecular weight excluding hydrogens is 193 g/mol. The zero-order valence-corrected chi connectivity index (χ0v) is 8.53. The Morgan fingerprint density at radius 3 is 2.47 bits per heavy atom. The van der Waals surface area contributed by atoms with E-state index in [0.717, 1.165) is 31.9 Å². The van der Waals surface area contributed by atoms with E-state index in [1.165, 1.54) is 12.1 Å². The monoisotopic (exact) mass is 207 g/mol. The van der Waals surface area contributed by atoms with Gasteiger partial charge in [-0.15, -0.1) is 0 Å². The highest BCUT2D eigenvalue weighted by Gasteiger charge is 2.04. The van der Waals surface area contributed by atoms with E-state index in [2.05, 4.69) is 4.90 Å². The maximum Gasteiger partial charge on any atom is 0.123 e. The summed E-state index contributed by atoms with van der Waals surface area (Å²) in [7, 11) is 0. The Labute approximate surface area is 89.0 Å². The van der Waals surface area contributed by atoms with E-state index in [0.29, 0.717) is 0 Å². The van der Waals surface area contributed by atoms with Crippen LogP contribution >= 0.6 is 0 Å². The fraction of sp³-hybridized carbons (Fsp3) is 0.333. The largest absolute Gasteiger partial charge is 0.378 e. The average molecular weight is 207 g/mol. The molecule has 0 aliphatic carbocycles. The second kappa shape index (κ2) is 4.94. The molecule has 0 N–H and O–H groups in total. The maximum atomic E-state index is 12.6. The highest BCUT2D eigenvalue weighted by molar-refractivity contribution is 5.48. The molecule has 1 heterocycles. The Balaban J connectivity index is 1.95. The lowest BCUT2D eigenvalue weighted by atomic mass is 10.2. The Hall–Kier alpha value is -1.35. The van der Waals surface area contributed by atoms with E-state index < -0.39 is 0 Å². The zero-order chi connectivity index (χ0) is 10.5. The topological polar surface area (TPSA) is 12.5 Å². The molecule has 2 rings (SSSR count). The molecule has 1 aliphatic heterocycles. The van der Waals surface area contributed by atoms with Crippen molar-refractivity contribution in [2.24, 2.45) is 0 Å². The smallest absolute Gasteiger partial charge is 0.123 e. The zero-order valence-electron chi connectivity index (χ0n) is 8.53. The predicted molar refractivity (Wildman–Crippen MR) is 57.8 cm³/mol. The molecule has 15 heavy (non-hydrogen) atoms. The predicted octanol–water partition coefficient (Wildman–Crippen LogP) is 2.13. The van der Waals surface area contributed by atoms with Gasteiger partial charge >= 0.3 is 0 Å². The van der Waals surface area contributed by atoms with Crippen LogP contribution in [0.1, 0.15) is 5.56 Å². The molecule has 0 bridgehead atoms. The van der Waals surface area contributed by atoms with Crippen LogP contribution < -0.4 is 0 Å². The summed E-state index contributed by atoms with van der Waals surface area (Å²) >= 11 is 0. The van der Waals surface area contributed by atoms with Crippen LogP contribution in [0.3, 0.4) is 0 Å². The number of rotatable bonds is 2. The van der Waals surface area contributed by atoms with Crippen molar-refractivity contribution in [1.29, 1.82) is 0 Å². The summed E-state index contributed by atoms with van der Waals surface area (Å²) in [5, 5.41) is 0. The number of hydrogen-bond donors (Lipinski definition) is 0. The molecule has 1 fully saturated rings. The number of benzene rings is 1. The quantitative estimate of drug-likeness (QED) is 0.736. The summed E-state index contributed by atoms with van der Waals surface area (Å²) in [5.74, 6) is -0.196. The van der Waals surface area contributed by atoms with Crippen LogP contribution in [0.25, 0.3) is 6.08 Å². The highest BCUT2D eigenvalue weighted by Crippen LogP contribution is 2.06. The fourth-order valence-electron chi connectivity index (χ4n) is 1.49. The van der Waals surface area contributed by atoms with Gasteiger partial charge in [0.05, 0.1) is 13.2 Å². The summed E-state index contributed by atoms with van der Waals surface area (Å²) in [6.45, 7) is 3.43. The van der Waals surface area contributed by atoms with Crippen molar-refractivity contribution in [3.63, 3.8) is 0 Å². The normalized spacial score (nSPS) is 17.3. The van der Waals surface area contributed by atoms with Crippen LogP contribution in [0.5, 0.6) is 0 Å². The van der Waals surface area contributed by atoms with Gasteiger partial charge < -0.3 is 9.64 Å². The molecule has 0 aromatic heterocycles. The lowest BCUT2D eigenvalue weighted by molar-refractivity contribution is 0.0597. The second-order valence-electron chi connectivity index (χ2n) is 3.52. The van der Waals surface area contributed by atoms with Gasteiger partial charge in [0.1, 0.15) is 5.82 Å². The Bertz CT molecular complexity index is 328. The van der Waals surface area contributed by atoms with Gasteiger partial charge in [-0.1, -0.05) is 12.1 Å². The lowest BCUT2D eigenvalue weighted by Crippen LogP contribution is -2.31. The average Bonchev–Trinajstić information content (AvgIpc) is 2.30. The van der Waals surface area contributed by atoms with Gasteiger partial charge in [-0.05, 0) is 30.0 Å². The summed E-state index contributed by atoms with van der Waals surface area (Å²) < 4.78 is 17.9. The van der Waals surface area contributed by atoms with Gasteiger partial charge in [0, 0.05) is 13.1 Å². The SMILES string of the molecule is Fc1ccc(/C=C/N2CCOCC2)cc1. The van der Waals surface area contributed by atoms with Crippen molar-refractivity contribution in [3.8, 4) is 0 Å². The van der Waals surface area contributed by atoms with Crippen LogP contribution in [0.15, 0.2) is 30.5 Å². The standard InChI is InChI=1S/C12H14FNO/c13-12-3-1-11(2-4-12)5-6-14-7-9-15-10-8-14/h1-6H,7-10H2/b6-5+. The van der Waals surface area contributed by atoms with Gasteiger partial charge in [-0.3, -0.25) is 0 Å². The van der Waals surface area contributed by atoms with Gasteiger partial charge in [0.2, 0.25) is 0 Å². The first-order valence-electron chi connectivity index (χ1n) is 5.10. The first kappa shape index (κ1) is 10.2. The molecule has 1 aliphatic rings. The third-order valence-electron chi connectivity index (χ3n) is 2.39. The molecule has 0 atom stereocenters. The summed E-state index contributed by atoms with van der Waals surface area (Å²) in [4.78, 5) is 2.20. The molecule has 3 heteroatoms. The van der Waals surface area contributed by atoms with Gasteiger partial charge in [-0.2, -0.15) is 0 Å². The second-order valence-corrected chi connectivity index (χ2v) is 3.52. The van der Waals surface area contributed by atoms with Gasteiger partial charge in [-0.25, -0.2) is 4.39 Å². The molecule has 1 saturated heterocycles. The Morgan fingerprint density at radius 2 is 1.80 bits per heavy atom. The van der Waals surface area contributed by atoms with Crippen LogP contribution in [-0.4, -0.2) is 31.2 Å². The van der Waals surface area contributed by atoms with Crippen molar-refractivity contribution in [2.45, 2.75) is 0 Å². The fourth-order valence-corrected chi connectivity index (χ4v) is 1.49. The first-order valence-corrected chi connectivity index (χ1v) is 5.10. The molecule has 0 spiro atoms. The van der Waals surface area contributed by atoms with E-state index in [1.54, 1.807) is 12.1 Å². The molecule has 80 valence electrons. The third kappa shape index (κ3) is 3.06. The molecule has 0 amide bonds. The van der Waals surface area contributed by atoms with E-state index in [4.69, 9.17) is 4.74 Å². The van der Waals surface area contributed by atoms with Crippen molar-refractivity contribution in [3.05, 3.63) is 41.8 Å². The summed E-state index contributed by atoms with van der Waals surface area (Å²) in [5.41, 5.74) is 1.02. The highest BCUT2D eigenvalue weighted by atomic mass is 19.1. The Morgan fingerprint density at radius 1 is 1.13 bits per heavy atom. The van der Waals surface area contributed by atoms with Crippen molar-refractivity contribution in [1.82, 2.24) is 4.90 Å². The summed E-state index contributed by atoms with van der Waals surface area (Å²) in [6, 6.07) is 6.48. The van der Waals surface area contributed by atoms with Crippen LogP contribution in [-0.2, 0) is 4.74 Å². The van der Waals surface area contributed by atoms with Crippen LogP contribution in [0.4, 0.5) is 4.39 Å². The molecule has 1 aromatic carbocycles. The number of halogens is 1. The van der Waals surface area contributed by atoms with Crippen LogP contribution in [0, 0.1) is 5.82 Å². The molecule has 0 unspecified atom stereocenters. The van der Waals surface area contributed by atoms with E-state index in [1.807, 2.05) is 12.3 Å². The van der Waals surface area contributed by atoms with Crippen LogP contribution in [0.2, 0.25) is 0 Å². The van der Waals surface area contributed by atoms with Gasteiger partial charge in [0.25, 0.3) is 0 Å². The van der Waals surface area contributed by atoms with Gasteiger partial charge in [0.15, 0.2) is 0 Å². The van der Waals surface area contributed by atoms with E-state index in [9.17, 15) is 4.39 Å². The molecule has 0 radical (unpaired) electrons. The molecule has 2 nitrogen and oxygen atoms in total.